The van der Waals surface area contributed by atoms with Crippen molar-refractivity contribution in [2.24, 2.45) is 5.92 Å². The Balaban J connectivity index is 1.93. The van der Waals surface area contributed by atoms with Crippen molar-refractivity contribution in [3.63, 3.8) is 0 Å². The van der Waals surface area contributed by atoms with E-state index < -0.39 is 10.0 Å². The number of hydrogen-bond donors (Lipinski definition) is 0. The van der Waals surface area contributed by atoms with Crippen molar-refractivity contribution in [1.82, 2.24) is 14.3 Å². The lowest BCUT2D eigenvalue weighted by molar-refractivity contribution is 0.384. The first-order valence-electron chi connectivity index (χ1n) is 10.8. The Labute approximate surface area is 181 Å². The van der Waals surface area contributed by atoms with Crippen molar-refractivity contribution in [1.29, 1.82) is 0 Å². The van der Waals surface area contributed by atoms with Crippen molar-refractivity contribution in [3.05, 3.63) is 52.5 Å². The van der Waals surface area contributed by atoms with Crippen LogP contribution < -0.4 is 4.90 Å². The largest absolute Gasteiger partial charge is 0.354 e. The highest BCUT2D eigenvalue weighted by atomic mass is 32.2. The van der Waals surface area contributed by atoms with Gasteiger partial charge in [-0.2, -0.15) is 4.31 Å². The van der Waals surface area contributed by atoms with Crippen LogP contribution in [-0.2, 0) is 22.9 Å². The first-order chi connectivity index (χ1) is 14.2. The van der Waals surface area contributed by atoms with Crippen LogP contribution in [0.2, 0.25) is 0 Å². The Morgan fingerprint density at radius 3 is 2.37 bits per heavy atom. The molecule has 6 nitrogen and oxygen atoms in total. The molecule has 1 fully saturated rings. The highest BCUT2D eigenvalue weighted by Crippen LogP contribution is 2.26. The van der Waals surface area contributed by atoms with E-state index in [2.05, 4.69) is 56.9 Å². The van der Waals surface area contributed by atoms with Crippen molar-refractivity contribution in [3.8, 4) is 0 Å². The fourth-order valence-electron chi connectivity index (χ4n) is 3.95. The summed E-state index contributed by atoms with van der Waals surface area (Å²) < 4.78 is 26.1. The van der Waals surface area contributed by atoms with E-state index in [0.29, 0.717) is 32.1 Å². The van der Waals surface area contributed by atoms with Gasteiger partial charge in [0.25, 0.3) is 0 Å². The van der Waals surface area contributed by atoms with Crippen LogP contribution in [0, 0.1) is 19.8 Å². The fraction of sp³-hybridized carbons (Fsp3) is 0.565. The van der Waals surface area contributed by atoms with Crippen LogP contribution in [0.15, 0.2) is 24.3 Å². The maximum absolute atomic E-state index is 12.2. The van der Waals surface area contributed by atoms with Gasteiger partial charge in [-0.15, -0.1) is 0 Å². The highest BCUT2D eigenvalue weighted by Gasteiger charge is 2.28. The molecule has 3 rings (SSSR count). The number of rotatable bonds is 7. The zero-order valence-electron chi connectivity index (χ0n) is 18.9. The molecular weight excluding hydrogens is 396 g/mol. The first-order valence-corrected chi connectivity index (χ1v) is 12.4. The summed E-state index contributed by atoms with van der Waals surface area (Å²) >= 11 is 0. The normalized spacial score (nSPS) is 15.7. The molecule has 0 N–H and O–H groups in total. The molecule has 2 heterocycles. The minimum Gasteiger partial charge on any atom is -0.354 e. The number of anilines is 1. The molecule has 0 saturated carbocycles. The molecule has 7 heteroatoms. The van der Waals surface area contributed by atoms with Gasteiger partial charge in [-0.25, -0.2) is 18.4 Å². The second-order valence-electron chi connectivity index (χ2n) is 8.58. The summed E-state index contributed by atoms with van der Waals surface area (Å²) in [6, 6.07) is 8.54. The fourth-order valence-corrected chi connectivity index (χ4v) is 5.03. The molecule has 164 valence electrons. The summed E-state index contributed by atoms with van der Waals surface area (Å²) in [5.74, 6) is 2.46. The predicted octanol–water partition coefficient (Wildman–Crippen LogP) is 3.35. The smallest absolute Gasteiger partial charge is 0.213 e. The first kappa shape index (κ1) is 22.7. The van der Waals surface area contributed by atoms with Crippen molar-refractivity contribution in [2.45, 2.75) is 47.5 Å². The molecule has 2 aromatic rings. The Morgan fingerprint density at radius 1 is 1.07 bits per heavy atom. The van der Waals surface area contributed by atoms with Crippen molar-refractivity contribution < 1.29 is 8.42 Å². The number of piperazine rings is 1. The van der Waals surface area contributed by atoms with Gasteiger partial charge >= 0.3 is 0 Å². The monoisotopic (exact) mass is 430 g/mol. The average molecular weight is 431 g/mol. The number of hydrogen-bond acceptors (Lipinski definition) is 5. The summed E-state index contributed by atoms with van der Waals surface area (Å²) in [5, 5.41) is 0. The van der Waals surface area contributed by atoms with Crippen molar-refractivity contribution >= 4 is 15.8 Å². The maximum Gasteiger partial charge on any atom is 0.213 e. The van der Waals surface area contributed by atoms with E-state index in [1.807, 2.05) is 0 Å². The van der Waals surface area contributed by atoms with Gasteiger partial charge in [0.1, 0.15) is 11.6 Å². The van der Waals surface area contributed by atoms with Crippen LogP contribution >= 0.6 is 0 Å². The molecule has 1 aromatic carbocycles. The van der Waals surface area contributed by atoms with E-state index in [9.17, 15) is 8.42 Å². The number of aromatic nitrogens is 2. The van der Waals surface area contributed by atoms with Gasteiger partial charge < -0.3 is 4.90 Å². The predicted molar refractivity (Wildman–Crippen MR) is 123 cm³/mol. The molecule has 1 aliphatic heterocycles. The van der Waals surface area contributed by atoms with Crippen LogP contribution in [-0.4, -0.2) is 54.6 Å². The highest BCUT2D eigenvalue weighted by molar-refractivity contribution is 7.89. The van der Waals surface area contributed by atoms with Crippen LogP contribution in [0.25, 0.3) is 0 Å². The molecule has 0 radical (unpaired) electrons. The molecule has 1 aromatic heterocycles. The van der Waals surface area contributed by atoms with E-state index in [-0.39, 0.29) is 5.75 Å². The van der Waals surface area contributed by atoms with Crippen LogP contribution in [0.3, 0.4) is 0 Å². The summed E-state index contributed by atoms with van der Waals surface area (Å²) in [7, 11) is -3.15. The van der Waals surface area contributed by atoms with E-state index in [1.165, 1.54) is 11.1 Å². The SMILES string of the molecule is CCS(=O)(=O)N1CCN(c2nc(CC(C)C)nc(C)c2Cc2cccc(C)c2)CC1. The van der Waals surface area contributed by atoms with E-state index in [4.69, 9.17) is 9.97 Å². The molecule has 0 atom stereocenters. The van der Waals surface area contributed by atoms with E-state index >= 15 is 0 Å². The molecule has 0 amide bonds. The number of aryl methyl sites for hydroxylation is 2. The lowest BCUT2D eigenvalue weighted by Gasteiger charge is -2.35. The standard InChI is InChI=1S/C23H34N4O2S/c1-6-30(28,29)27-12-10-26(11-13-27)23-21(16-20-9-7-8-18(4)15-20)19(5)24-22(25-23)14-17(2)3/h7-9,15,17H,6,10-14,16H2,1-5H3. The number of nitrogens with zero attached hydrogens (tertiary/aromatic N) is 4. The third-order valence-electron chi connectivity index (χ3n) is 5.59. The van der Waals surface area contributed by atoms with Gasteiger partial charge in [0.05, 0.1) is 5.75 Å². The van der Waals surface area contributed by atoms with Gasteiger partial charge in [0.15, 0.2) is 0 Å². The Hall–Kier alpha value is -1.99. The third kappa shape index (κ3) is 5.38. The summed E-state index contributed by atoms with van der Waals surface area (Å²) in [6.07, 6.45) is 1.61. The molecular formula is C23H34N4O2S. The molecule has 0 bridgehead atoms. The molecule has 1 saturated heterocycles. The molecule has 1 aliphatic rings. The summed E-state index contributed by atoms with van der Waals surface area (Å²) in [5.41, 5.74) is 4.63. The van der Waals surface area contributed by atoms with Gasteiger partial charge in [-0.1, -0.05) is 43.7 Å². The Kier molecular flexibility index (Phi) is 7.14. The second-order valence-corrected chi connectivity index (χ2v) is 10.8. The molecule has 0 aliphatic carbocycles. The summed E-state index contributed by atoms with van der Waals surface area (Å²) in [4.78, 5) is 12.0. The quantitative estimate of drug-likeness (QED) is 0.674. The zero-order valence-corrected chi connectivity index (χ0v) is 19.7. The lowest BCUT2D eigenvalue weighted by atomic mass is 10.0. The van der Waals surface area contributed by atoms with Crippen LogP contribution in [0.5, 0.6) is 0 Å². The van der Waals surface area contributed by atoms with Gasteiger partial charge in [-0.05, 0) is 32.3 Å². The van der Waals surface area contributed by atoms with Crippen LogP contribution in [0.1, 0.15) is 49.0 Å². The van der Waals surface area contributed by atoms with Gasteiger partial charge in [0, 0.05) is 50.3 Å². The molecule has 0 unspecified atom stereocenters. The third-order valence-corrected chi connectivity index (χ3v) is 7.47. The minimum absolute atomic E-state index is 0.150. The molecule has 0 spiro atoms. The van der Waals surface area contributed by atoms with E-state index in [0.717, 1.165) is 35.7 Å². The Bertz CT molecular complexity index is 981. The number of sulfonamides is 1. The van der Waals surface area contributed by atoms with Gasteiger partial charge in [-0.3, -0.25) is 0 Å². The second kappa shape index (κ2) is 9.43. The van der Waals surface area contributed by atoms with Crippen molar-refractivity contribution in [2.75, 3.05) is 36.8 Å². The zero-order chi connectivity index (χ0) is 21.9. The summed E-state index contributed by atoms with van der Waals surface area (Å²) in [6.45, 7) is 12.5. The topological polar surface area (TPSA) is 66.4 Å². The van der Waals surface area contributed by atoms with Gasteiger partial charge in [0.2, 0.25) is 10.0 Å². The number of benzene rings is 1. The van der Waals surface area contributed by atoms with E-state index in [1.54, 1.807) is 11.2 Å². The average Bonchev–Trinajstić information content (AvgIpc) is 2.69. The molecule has 30 heavy (non-hydrogen) atoms. The maximum atomic E-state index is 12.2. The van der Waals surface area contributed by atoms with Crippen LogP contribution in [0.4, 0.5) is 5.82 Å². The lowest BCUT2D eigenvalue weighted by Crippen LogP contribution is -2.49. The minimum atomic E-state index is -3.15. The Morgan fingerprint density at radius 2 is 1.77 bits per heavy atom.